The SMILES string of the molecule is CN(Cc1ccc(Cl)cc1)C(=O)C1CCCN1C(=O)NC1CCOc2cc(C#N)ccc21. The summed E-state index contributed by atoms with van der Waals surface area (Å²) >= 11 is 5.94. The van der Waals surface area contributed by atoms with Crippen molar-refractivity contribution in [2.75, 3.05) is 20.2 Å². The van der Waals surface area contributed by atoms with Gasteiger partial charge in [-0.05, 0) is 42.7 Å². The first-order valence-corrected chi connectivity index (χ1v) is 11.1. The van der Waals surface area contributed by atoms with Gasteiger partial charge in [-0.3, -0.25) is 4.79 Å². The van der Waals surface area contributed by atoms with Crippen molar-refractivity contribution in [3.05, 3.63) is 64.2 Å². The van der Waals surface area contributed by atoms with E-state index in [1.165, 1.54) is 0 Å². The molecule has 0 aliphatic carbocycles. The van der Waals surface area contributed by atoms with Crippen molar-refractivity contribution in [2.24, 2.45) is 0 Å². The highest BCUT2D eigenvalue weighted by molar-refractivity contribution is 6.30. The van der Waals surface area contributed by atoms with Gasteiger partial charge in [-0.25, -0.2) is 4.79 Å². The summed E-state index contributed by atoms with van der Waals surface area (Å²) in [6.45, 7) is 1.45. The second kappa shape index (κ2) is 9.49. The normalized spacial score (nSPS) is 19.5. The third-order valence-corrected chi connectivity index (χ3v) is 6.24. The highest BCUT2D eigenvalue weighted by atomic mass is 35.5. The smallest absolute Gasteiger partial charge is 0.318 e. The van der Waals surface area contributed by atoms with Gasteiger partial charge in [0.25, 0.3) is 0 Å². The molecule has 2 atom stereocenters. The Labute approximate surface area is 192 Å². The van der Waals surface area contributed by atoms with Crippen molar-refractivity contribution < 1.29 is 14.3 Å². The average Bonchev–Trinajstić information content (AvgIpc) is 3.30. The number of carbonyl (C=O) groups excluding carboxylic acids is 2. The van der Waals surface area contributed by atoms with Gasteiger partial charge in [0.05, 0.1) is 24.3 Å². The minimum absolute atomic E-state index is 0.0707. The lowest BCUT2D eigenvalue weighted by Gasteiger charge is -2.32. The van der Waals surface area contributed by atoms with Crippen molar-refractivity contribution in [2.45, 2.75) is 37.9 Å². The summed E-state index contributed by atoms with van der Waals surface area (Å²) in [7, 11) is 1.76. The van der Waals surface area contributed by atoms with Gasteiger partial charge < -0.3 is 19.9 Å². The molecule has 1 saturated heterocycles. The van der Waals surface area contributed by atoms with Crippen LogP contribution < -0.4 is 10.1 Å². The maximum Gasteiger partial charge on any atom is 0.318 e. The molecule has 4 rings (SSSR count). The van der Waals surface area contributed by atoms with E-state index >= 15 is 0 Å². The van der Waals surface area contributed by atoms with Crippen LogP contribution >= 0.6 is 11.6 Å². The van der Waals surface area contributed by atoms with E-state index in [-0.39, 0.29) is 18.0 Å². The molecule has 2 aliphatic rings. The Bertz CT molecular complexity index is 1050. The summed E-state index contributed by atoms with van der Waals surface area (Å²) in [4.78, 5) is 29.5. The number of halogens is 1. The van der Waals surface area contributed by atoms with E-state index in [0.29, 0.717) is 48.9 Å². The van der Waals surface area contributed by atoms with Crippen molar-refractivity contribution in [3.63, 3.8) is 0 Å². The van der Waals surface area contributed by atoms with Gasteiger partial charge in [0.2, 0.25) is 5.91 Å². The predicted molar refractivity (Wildman–Crippen MR) is 120 cm³/mol. The molecule has 0 aromatic heterocycles. The van der Waals surface area contributed by atoms with Crippen molar-refractivity contribution in [3.8, 4) is 11.8 Å². The number of nitrogens with zero attached hydrogens (tertiary/aromatic N) is 3. The number of hydrogen-bond donors (Lipinski definition) is 1. The standard InChI is InChI=1S/C24H25ClN4O3/c1-28(15-16-4-7-18(25)8-5-16)23(30)21-3-2-11-29(21)24(31)27-20-10-12-32-22-13-17(14-26)6-9-19(20)22/h4-9,13,20-21H,2-3,10-12,15H2,1H3,(H,27,31). The molecule has 32 heavy (non-hydrogen) atoms. The number of nitrogens with one attached hydrogen (secondary N) is 1. The van der Waals surface area contributed by atoms with Crippen molar-refractivity contribution in [1.82, 2.24) is 15.1 Å². The summed E-state index contributed by atoms with van der Waals surface area (Å²) in [5, 5.41) is 12.8. The molecule has 7 nitrogen and oxygen atoms in total. The molecular weight excluding hydrogens is 428 g/mol. The number of hydrogen-bond acceptors (Lipinski definition) is 4. The number of urea groups is 1. The zero-order valence-corrected chi connectivity index (χ0v) is 18.6. The van der Waals surface area contributed by atoms with Crippen LogP contribution in [0.15, 0.2) is 42.5 Å². The van der Waals surface area contributed by atoms with Gasteiger partial charge in [0.1, 0.15) is 11.8 Å². The Morgan fingerprint density at radius 3 is 2.78 bits per heavy atom. The minimum Gasteiger partial charge on any atom is -0.493 e. The molecule has 166 valence electrons. The van der Waals surface area contributed by atoms with Crippen LogP contribution in [0.25, 0.3) is 0 Å². The summed E-state index contributed by atoms with van der Waals surface area (Å²) in [5.74, 6) is 0.552. The van der Waals surface area contributed by atoms with E-state index in [2.05, 4.69) is 11.4 Å². The van der Waals surface area contributed by atoms with E-state index in [1.54, 1.807) is 41.1 Å². The van der Waals surface area contributed by atoms with E-state index < -0.39 is 6.04 Å². The predicted octanol–water partition coefficient (Wildman–Crippen LogP) is 3.87. The van der Waals surface area contributed by atoms with Crippen LogP contribution in [-0.4, -0.2) is 48.0 Å². The average molecular weight is 453 g/mol. The first-order chi connectivity index (χ1) is 15.5. The minimum atomic E-state index is -0.479. The Balaban J connectivity index is 1.42. The summed E-state index contributed by atoms with van der Waals surface area (Å²) in [6.07, 6.45) is 2.06. The molecule has 0 spiro atoms. The molecule has 1 fully saturated rings. The van der Waals surface area contributed by atoms with Crippen molar-refractivity contribution >= 4 is 23.5 Å². The molecule has 8 heteroatoms. The molecule has 2 heterocycles. The van der Waals surface area contributed by atoms with Gasteiger partial charge in [-0.2, -0.15) is 5.26 Å². The van der Waals surface area contributed by atoms with Crippen LogP contribution in [-0.2, 0) is 11.3 Å². The summed E-state index contributed by atoms with van der Waals surface area (Å²) < 4.78 is 5.67. The summed E-state index contributed by atoms with van der Waals surface area (Å²) in [5.41, 5.74) is 2.35. The van der Waals surface area contributed by atoms with Gasteiger partial charge in [-0.15, -0.1) is 0 Å². The molecule has 0 saturated carbocycles. The van der Waals surface area contributed by atoms with Crippen LogP contribution in [0.3, 0.4) is 0 Å². The lowest BCUT2D eigenvalue weighted by molar-refractivity contribution is -0.134. The van der Waals surface area contributed by atoms with Crippen LogP contribution in [0.1, 0.15) is 42.0 Å². The van der Waals surface area contributed by atoms with Gasteiger partial charge >= 0.3 is 6.03 Å². The maximum absolute atomic E-state index is 13.1. The Hall–Kier alpha value is -3.24. The Kier molecular flexibility index (Phi) is 6.52. The number of ether oxygens (including phenoxy) is 1. The zero-order valence-electron chi connectivity index (χ0n) is 17.9. The van der Waals surface area contributed by atoms with Gasteiger partial charge in [0, 0.05) is 37.1 Å². The van der Waals surface area contributed by atoms with Crippen molar-refractivity contribution in [1.29, 1.82) is 5.26 Å². The molecule has 1 N–H and O–H groups in total. The molecule has 2 aromatic rings. The van der Waals surface area contributed by atoms with Gasteiger partial charge in [-0.1, -0.05) is 29.8 Å². The van der Waals surface area contributed by atoms with Crippen LogP contribution in [0.5, 0.6) is 5.75 Å². The van der Waals surface area contributed by atoms with Gasteiger partial charge in [0.15, 0.2) is 0 Å². The Morgan fingerprint density at radius 2 is 2.03 bits per heavy atom. The molecule has 2 unspecified atom stereocenters. The number of fused-ring (bicyclic) bond motifs is 1. The van der Waals surface area contributed by atoms with Crippen LogP contribution in [0.2, 0.25) is 5.02 Å². The quantitative estimate of drug-likeness (QED) is 0.763. The Morgan fingerprint density at radius 1 is 1.25 bits per heavy atom. The first kappa shape index (κ1) is 22.0. The van der Waals surface area contributed by atoms with E-state index in [1.807, 2.05) is 18.2 Å². The number of nitriles is 1. The molecule has 2 aliphatic heterocycles. The first-order valence-electron chi connectivity index (χ1n) is 10.7. The molecule has 2 aromatic carbocycles. The highest BCUT2D eigenvalue weighted by Gasteiger charge is 2.37. The number of benzene rings is 2. The molecular formula is C24H25ClN4O3. The zero-order chi connectivity index (χ0) is 22.7. The lowest BCUT2D eigenvalue weighted by Crippen LogP contribution is -2.50. The monoisotopic (exact) mass is 452 g/mol. The molecule has 3 amide bonds. The number of amides is 3. The highest BCUT2D eigenvalue weighted by Crippen LogP contribution is 2.33. The van der Waals surface area contributed by atoms with Crippen LogP contribution in [0, 0.1) is 11.3 Å². The molecule has 0 bridgehead atoms. The third-order valence-electron chi connectivity index (χ3n) is 5.99. The fourth-order valence-electron chi connectivity index (χ4n) is 4.30. The largest absolute Gasteiger partial charge is 0.493 e. The summed E-state index contributed by atoms with van der Waals surface area (Å²) in [6, 6.07) is 13.8. The topological polar surface area (TPSA) is 85.7 Å². The second-order valence-corrected chi connectivity index (χ2v) is 8.61. The second-order valence-electron chi connectivity index (χ2n) is 8.18. The van der Waals surface area contributed by atoms with E-state index in [0.717, 1.165) is 17.5 Å². The molecule has 0 radical (unpaired) electrons. The number of likely N-dealkylation sites (N-methyl/N-ethyl adjacent to an activating group) is 1. The van der Waals surface area contributed by atoms with E-state index in [9.17, 15) is 9.59 Å². The maximum atomic E-state index is 13.1. The number of carbonyl (C=O) groups is 2. The fraction of sp³-hybridized carbons (Fsp3) is 0.375. The third kappa shape index (κ3) is 4.66. The fourth-order valence-corrected chi connectivity index (χ4v) is 4.43. The van der Waals surface area contributed by atoms with E-state index in [4.69, 9.17) is 21.6 Å². The lowest BCUT2D eigenvalue weighted by atomic mass is 9.99. The number of likely N-dealkylation sites (tertiary alicyclic amines) is 1. The number of rotatable bonds is 4. The van der Waals surface area contributed by atoms with Crippen LogP contribution in [0.4, 0.5) is 4.79 Å².